The van der Waals surface area contributed by atoms with Crippen LogP contribution < -0.4 is 4.90 Å². The van der Waals surface area contributed by atoms with Crippen LogP contribution >= 0.6 is 0 Å². The first-order valence-electron chi connectivity index (χ1n) is 22.6. The van der Waals surface area contributed by atoms with Crippen molar-refractivity contribution in [2.45, 2.75) is 68.6 Å². The summed E-state index contributed by atoms with van der Waals surface area (Å²) in [5.41, 5.74) is 19.7. The molecule has 0 atom stereocenters. The lowest BCUT2D eigenvalue weighted by Crippen LogP contribution is -2.55. The Hall–Kier alpha value is -5.86. The lowest BCUT2D eigenvalue weighted by molar-refractivity contribution is -0.0399. The van der Waals surface area contributed by atoms with Crippen molar-refractivity contribution in [3.8, 4) is 27.9 Å². The van der Waals surface area contributed by atoms with Crippen LogP contribution in [-0.2, 0) is 10.8 Å². The summed E-state index contributed by atoms with van der Waals surface area (Å²) in [6.45, 7) is 0. The molecule has 0 aliphatic heterocycles. The number of anilines is 3. The minimum absolute atomic E-state index is 0.0972. The molecule has 7 aliphatic rings. The van der Waals surface area contributed by atoms with E-state index in [1.807, 2.05) is 0 Å². The van der Waals surface area contributed by atoms with Gasteiger partial charge in [0.25, 0.3) is 0 Å². The maximum atomic E-state index is 2.60. The van der Waals surface area contributed by atoms with Crippen LogP contribution in [0.4, 0.5) is 17.1 Å². The molecule has 4 bridgehead atoms. The summed E-state index contributed by atoms with van der Waals surface area (Å²) in [4.78, 5) is 2.60. The standard InChI is InChI=1S/C57H48N2/c1-2-12-40(13-3-1)59-54-19-9-6-16-47(54)48-24-21-43(35-55(48)59)58(42-20-23-46-44-14-4-7-17-50(44)56(53(46)34-42)26-10-11-27-56)41-22-25-52-49(33-41)45-15-5-8-18-51(45)57(52)38-29-36-28-37(31-38)32-39(57)30-36/h1-9,12-25,33-39H,10-11,26-32H2. The van der Waals surface area contributed by atoms with Gasteiger partial charge in [0.1, 0.15) is 0 Å². The van der Waals surface area contributed by atoms with Crippen LogP contribution in [0.2, 0.25) is 0 Å². The molecule has 7 aliphatic carbocycles. The summed E-state index contributed by atoms with van der Waals surface area (Å²) >= 11 is 0. The van der Waals surface area contributed by atoms with Crippen LogP contribution in [0.1, 0.15) is 80.0 Å². The molecular formula is C57H48N2. The summed E-state index contributed by atoms with van der Waals surface area (Å²) < 4.78 is 2.47. The van der Waals surface area contributed by atoms with Gasteiger partial charge in [-0.3, -0.25) is 0 Å². The molecule has 0 amide bonds. The third kappa shape index (κ3) is 4.27. The highest BCUT2D eigenvalue weighted by Crippen LogP contribution is 2.69. The van der Waals surface area contributed by atoms with E-state index >= 15 is 0 Å². The zero-order valence-corrected chi connectivity index (χ0v) is 33.6. The Bertz CT molecular complexity index is 3000. The second-order valence-corrected chi connectivity index (χ2v) is 19.2. The largest absolute Gasteiger partial charge is 0.310 e. The van der Waals surface area contributed by atoms with E-state index in [9.17, 15) is 0 Å². The number of hydrogen-bond donors (Lipinski definition) is 0. The maximum Gasteiger partial charge on any atom is 0.0561 e. The van der Waals surface area contributed by atoms with Gasteiger partial charge in [0.15, 0.2) is 0 Å². The van der Waals surface area contributed by atoms with Gasteiger partial charge in [-0.2, -0.15) is 0 Å². The van der Waals surface area contributed by atoms with Crippen molar-refractivity contribution in [1.82, 2.24) is 4.57 Å². The van der Waals surface area contributed by atoms with Gasteiger partial charge in [-0.05, 0) is 168 Å². The van der Waals surface area contributed by atoms with Crippen molar-refractivity contribution >= 4 is 38.9 Å². The van der Waals surface area contributed by atoms with Crippen LogP contribution in [0, 0.1) is 23.7 Å². The van der Waals surface area contributed by atoms with Gasteiger partial charge < -0.3 is 9.47 Å². The first kappa shape index (κ1) is 33.0. The molecule has 15 rings (SSSR count). The predicted octanol–water partition coefficient (Wildman–Crippen LogP) is 14.8. The smallest absolute Gasteiger partial charge is 0.0561 e. The highest BCUT2D eigenvalue weighted by molar-refractivity contribution is 6.10. The SMILES string of the molecule is c1ccc(-n2c3ccccc3c3ccc(N(c4ccc5c(c4)-c4ccccc4C54C5CC6CC(C5)CC4C6)c4ccc5c(c4)C4(CCCC4)c4ccccc4-5)cc32)cc1. The highest BCUT2D eigenvalue weighted by atomic mass is 15.1. The molecule has 0 radical (unpaired) electrons. The summed E-state index contributed by atoms with van der Waals surface area (Å²) in [7, 11) is 0. The minimum atomic E-state index is 0.0972. The third-order valence-electron chi connectivity index (χ3n) is 16.7. The summed E-state index contributed by atoms with van der Waals surface area (Å²) in [6, 6.07) is 61.1. The van der Waals surface area contributed by atoms with Gasteiger partial charge in [0.05, 0.1) is 11.0 Å². The normalized spacial score (nSPS) is 24.9. The molecule has 1 heterocycles. The molecular weight excluding hydrogens is 713 g/mol. The number of aromatic nitrogens is 1. The molecule has 0 N–H and O–H groups in total. The van der Waals surface area contributed by atoms with Crippen molar-refractivity contribution in [2.75, 3.05) is 4.90 Å². The maximum absolute atomic E-state index is 2.60. The van der Waals surface area contributed by atoms with Crippen molar-refractivity contribution in [3.05, 3.63) is 180 Å². The van der Waals surface area contributed by atoms with Gasteiger partial charge in [0, 0.05) is 44.4 Å². The first-order chi connectivity index (χ1) is 29.2. The van der Waals surface area contributed by atoms with Crippen molar-refractivity contribution < 1.29 is 0 Å². The molecule has 2 spiro atoms. The molecule has 286 valence electrons. The van der Waals surface area contributed by atoms with Gasteiger partial charge in [0.2, 0.25) is 0 Å². The Balaban J connectivity index is 1.01. The first-order valence-corrected chi connectivity index (χ1v) is 22.6. The summed E-state index contributed by atoms with van der Waals surface area (Å²) in [5.74, 6) is 3.38. The number of benzene rings is 7. The fourth-order valence-corrected chi connectivity index (χ4v) is 14.8. The van der Waals surface area contributed by atoms with Crippen LogP contribution in [0.15, 0.2) is 158 Å². The Labute approximate surface area is 347 Å². The number of hydrogen-bond acceptors (Lipinski definition) is 1. The fourth-order valence-electron chi connectivity index (χ4n) is 14.8. The quantitative estimate of drug-likeness (QED) is 0.173. The van der Waals surface area contributed by atoms with E-state index in [1.165, 1.54) is 130 Å². The molecule has 1 aromatic heterocycles. The van der Waals surface area contributed by atoms with Crippen molar-refractivity contribution in [3.63, 3.8) is 0 Å². The van der Waals surface area contributed by atoms with E-state index in [4.69, 9.17) is 0 Å². The highest BCUT2D eigenvalue weighted by Gasteiger charge is 2.61. The number of para-hydroxylation sites is 2. The summed E-state index contributed by atoms with van der Waals surface area (Å²) in [6.07, 6.45) is 12.1. The minimum Gasteiger partial charge on any atom is -0.310 e. The topological polar surface area (TPSA) is 8.17 Å². The van der Waals surface area contributed by atoms with Crippen LogP contribution in [0.5, 0.6) is 0 Å². The fraction of sp³-hybridized carbons (Fsp3) is 0.263. The van der Waals surface area contributed by atoms with Gasteiger partial charge in [-0.15, -0.1) is 0 Å². The van der Waals surface area contributed by atoms with E-state index in [2.05, 4.69) is 167 Å². The van der Waals surface area contributed by atoms with E-state index in [-0.39, 0.29) is 10.8 Å². The second kappa shape index (κ2) is 11.9. The monoisotopic (exact) mass is 760 g/mol. The van der Waals surface area contributed by atoms with E-state index < -0.39 is 0 Å². The van der Waals surface area contributed by atoms with E-state index in [0.717, 1.165) is 23.7 Å². The number of rotatable bonds is 4. The molecule has 0 unspecified atom stereocenters. The Kier molecular flexibility index (Phi) is 6.65. The Morgan fingerprint density at radius 2 is 1.00 bits per heavy atom. The summed E-state index contributed by atoms with van der Waals surface area (Å²) in [5, 5.41) is 2.58. The molecule has 2 nitrogen and oxygen atoms in total. The molecule has 8 aromatic rings. The van der Waals surface area contributed by atoms with Crippen molar-refractivity contribution in [2.24, 2.45) is 23.7 Å². The predicted molar refractivity (Wildman–Crippen MR) is 243 cm³/mol. The molecule has 7 aromatic carbocycles. The zero-order chi connectivity index (χ0) is 38.5. The van der Waals surface area contributed by atoms with Gasteiger partial charge in [-0.25, -0.2) is 0 Å². The molecule has 2 heteroatoms. The van der Waals surface area contributed by atoms with Crippen LogP contribution in [0.3, 0.4) is 0 Å². The van der Waals surface area contributed by atoms with Gasteiger partial charge >= 0.3 is 0 Å². The van der Waals surface area contributed by atoms with Crippen LogP contribution in [-0.4, -0.2) is 4.57 Å². The lowest BCUT2D eigenvalue weighted by Gasteiger charge is -2.61. The van der Waals surface area contributed by atoms with E-state index in [0.29, 0.717) is 0 Å². The molecule has 0 saturated heterocycles. The van der Waals surface area contributed by atoms with Gasteiger partial charge in [-0.1, -0.05) is 116 Å². The lowest BCUT2D eigenvalue weighted by atomic mass is 9.43. The molecule has 59 heavy (non-hydrogen) atoms. The zero-order valence-electron chi connectivity index (χ0n) is 33.6. The van der Waals surface area contributed by atoms with Crippen molar-refractivity contribution in [1.29, 1.82) is 0 Å². The third-order valence-corrected chi connectivity index (χ3v) is 16.7. The average Bonchev–Trinajstić information content (AvgIpc) is 4.04. The molecule has 5 fully saturated rings. The number of fused-ring (bicyclic) bond motifs is 11. The average molecular weight is 761 g/mol. The Morgan fingerprint density at radius 1 is 0.424 bits per heavy atom. The van der Waals surface area contributed by atoms with E-state index in [1.54, 1.807) is 16.7 Å². The van der Waals surface area contributed by atoms with Crippen LogP contribution in [0.25, 0.3) is 49.7 Å². The second-order valence-electron chi connectivity index (χ2n) is 19.2. The number of nitrogens with zero attached hydrogens (tertiary/aromatic N) is 2. The molecule has 5 saturated carbocycles. The Morgan fingerprint density at radius 3 is 1.80 bits per heavy atom.